The molecule has 1 N–H and O–H groups in total. The molecule has 2 aromatic carbocycles. The summed E-state index contributed by atoms with van der Waals surface area (Å²) in [5, 5.41) is 9.54. The fourth-order valence-electron chi connectivity index (χ4n) is 4.03. The van der Waals surface area contributed by atoms with Gasteiger partial charge in [-0.2, -0.15) is 0 Å². The van der Waals surface area contributed by atoms with Gasteiger partial charge in [0.1, 0.15) is 11.5 Å². The Morgan fingerprint density at radius 2 is 1.48 bits per heavy atom. The Labute approximate surface area is 187 Å². The van der Waals surface area contributed by atoms with Crippen LogP contribution in [0, 0.1) is 6.92 Å². The van der Waals surface area contributed by atoms with Crippen molar-refractivity contribution in [1.29, 1.82) is 0 Å². The fourth-order valence-corrected chi connectivity index (χ4v) is 4.03. The highest BCUT2D eigenvalue weighted by molar-refractivity contribution is 5.61. The van der Waals surface area contributed by atoms with Crippen LogP contribution >= 0.6 is 0 Å². The zero-order chi connectivity index (χ0) is 21.9. The normalized spacial score (nSPS) is 11.0. The van der Waals surface area contributed by atoms with Crippen LogP contribution in [-0.4, -0.2) is 16.3 Å². The summed E-state index contributed by atoms with van der Waals surface area (Å²) in [6.45, 7) is 6.00. The Morgan fingerprint density at radius 3 is 2.23 bits per heavy atom. The third-order valence-corrected chi connectivity index (χ3v) is 5.90. The molecule has 0 saturated heterocycles. The maximum absolute atomic E-state index is 9.54. The summed E-state index contributed by atoms with van der Waals surface area (Å²) in [6, 6.07) is 20.3. The average Bonchev–Trinajstić information content (AvgIpc) is 3.15. The van der Waals surface area contributed by atoms with Crippen molar-refractivity contribution >= 4 is 0 Å². The molecule has 1 heterocycles. The minimum Gasteiger partial charge on any atom is -0.508 e. The minimum atomic E-state index is 0.296. The summed E-state index contributed by atoms with van der Waals surface area (Å²) in [7, 11) is 0. The lowest BCUT2D eigenvalue weighted by molar-refractivity contribution is 0.301. The van der Waals surface area contributed by atoms with Gasteiger partial charge in [0.05, 0.1) is 6.61 Å². The lowest BCUT2D eigenvalue weighted by atomic mass is 10.0. The average molecular weight is 420 g/mol. The van der Waals surface area contributed by atoms with Gasteiger partial charge < -0.3 is 14.4 Å². The molecule has 0 spiro atoms. The molecule has 0 aliphatic rings. The maximum atomic E-state index is 9.54. The second kappa shape index (κ2) is 12.2. The fraction of sp³-hybridized carbons (Fsp3) is 0.429. The Hall–Kier alpha value is -2.68. The minimum absolute atomic E-state index is 0.296. The SMILES string of the molecule is CCCCCCCCc1ccc(OCCCn2c(C)ccc2-c2ccc(O)cc2)cc1. The molecule has 0 saturated carbocycles. The van der Waals surface area contributed by atoms with Crippen LogP contribution in [0.2, 0.25) is 0 Å². The van der Waals surface area contributed by atoms with Crippen LogP contribution in [0.3, 0.4) is 0 Å². The van der Waals surface area contributed by atoms with Gasteiger partial charge in [0.15, 0.2) is 0 Å². The number of phenolic OH excluding ortho intramolecular Hbond substituents is 1. The van der Waals surface area contributed by atoms with Gasteiger partial charge in [0, 0.05) is 17.9 Å². The van der Waals surface area contributed by atoms with E-state index in [0.29, 0.717) is 12.4 Å². The van der Waals surface area contributed by atoms with E-state index in [1.54, 1.807) is 12.1 Å². The molecule has 3 rings (SSSR count). The van der Waals surface area contributed by atoms with E-state index >= 15 is 0 Å². The first-order valence-corrected chi connectivity index (χ1v) is 11.8. The number of unbranched alkanes of at least 4 members (excludes halogenated alkanes) is 5. The summed E-state index contributed by atoms with van der Waals surface area (Å²) in [5.41, 5.74) is 4.94. The van der Waals surface area contributed by atoms with E-state index in [-0.39, 0.29) is 0 Å². The number of phenols is 1. The Balaban J connectivity index is 1.41. The molecular weight excluding hydrogens is 382 g/mol. The number of aromatic nitrogens is 1. The van der Waals surface area contributed by atoms with Gasteiger partial charge >= 0.3 is 0 Å². The van der Waals surface area contributed by atoms with Gasteiger partial charge in [0.25, 0.3) is 0 Å². The topological polar surface area (TPSA) is 34.4 Å². The van der Waals surface area contributed by atoms with E-state index in [4.69, 9.17) is 4.74 Å². The molecule has 0 amide bonds. The molecule has 0 aliphatic carbocycles. The molecule has 166 valence electrons. The second-order valence-electron chi connectivity index (χ2n) is 8.42. The van der Waals surface area contributed by atoms with Crippen molar-refractivity contribution in [3.63, 3.8) is 0 Å². The summed E-state index contributed by atoms with van der Waals surface area (Å²) >= 11 is 0. The first-order chi connectivity index (χ1) is 15.2. The maximum Gasteiger partial charge on any atom is 0.119 e. The summed E-state index contributed by atoms with van der Waals surface area (Å²) in [4.78, 5) is 0. The highest BCUT2D eigenvalue weighted by Crippen LogP contribution is 2.25. The number of hydrogen-bond acceptors (Lipinski definition) is 2. The highest BCUT2D eigenvalue weighted by atomic mass is 16.5. The summed E-state index contributed by atoms with van der Waals surface area (Å²) in [5.74, 6) is 1.25. The van der Waals surface area contributed by atoms with Crippen molar-refractivity contribution in [2.24, 2.45) is 0 Å². The van der Waals surface area contributed by atoms with Crippen molar-refractivity contribution in [3.8, 4) is 22.8 Å². The molecule has 31 heavy (non-hydrogen) atoms. The predicted molar refractivity (Wildman–Crippen MR) is 130 cm³/mol. The van der Waals surface area contributed by atoms with Crippen LogP contribution in [0.5, 0.6) is 11.5 Å². The Bertz CT molecular complexity index is 894. The van der Waals surface area contributed by atoms with Crippen molar-refractivity contribution < 1.29 is 9.84 Å². The smallest absolute Gasteiger partial charge is 0.119 e. The zero-order valence-corrected chi connectivity index (χ0v) is 19.1. The molecular formula is C28H37NO2. The summed E-state index contributed by atoms with van der Waals surface area (Å²) in [6.07, 6.45) is 10.2. The molecule has 0 unspecified atom stereocenters. The molecule has 1 aromatic heterocycles. The van der Waals surface area contributed by atoms with Crippen LogP contribution < -0.4 is 4.74 Å². The number of nitrogens with zero attached hydrogens (tertiary/aromatic N) is 1. The van der Waals surface area contributed by atoms with Crippen molar-refractivity contribution in [2.45, 2.75) is 71.8 Å². The van der Waals surface area contributed by atoms with Gasteiger partial charge in [-0.25, -0.2) is 0 Å². The predicted octanol–water partition coefficient (Wildman–Crippen LogP) is 7.54. The number of hydrogen-bond donors (Lipinski definition) is 1. The van der Waals surface area contributed by atoms with Crippen LogP contribution in [0.4, 0.5) is 0 Å². The molecule has 0 atom stereocenters. The van der Waals surface area contributed by atoms with Crippen LogP contribution in [0.1, 0.15) is 63.1 Å². The van der Waals surface area contributed by atoms with Crippen LogP contribution in [0.15, 0.2) is 60.7 Å². The molecule has 3 nitrogen and oxygen atoms in total. The molecule has 0 radical (unpaired) electrons. The van der Waals surface area contributed by atoms with Gasteiger partial charge in [-0.15, -0.1) is 0 Å². The quantitative estimate of drug-likeness (QED) is 0.290. The van der Waals surface area contributed by atoms with Crippen molar-refractivity contribution in [1.82, 2.24) is 4.57 Å². The van der Waals surface area contributed by atoms with Crippen molar-refractivity contribution in [3.05, 3.63) is 71.9 Å². The first kappa shape index (κ1) is 23.0. The van der Waals surface area contributed by atoms with Gasteiger partial charge in [-0.05, 0) is 85.8 Å². The second-order valence-corrected chi connectivity index (χ2v) is 8.42. The molecule has 3 aromatic rings. The summed E-state index contributed by atoms with van der Waals surface area (Å²) < 4.78 is 8.30. The number of ether oxygens (including phenoxy) is 1. The van der Waals surface area contributed by atoms with E-state index in [2.05, 4.69) is 54.8 Å². The number of aryl methyl sites for hydroxylation is 2. The molecule has 0 fully saturated rings. The standard InChI is InChI=1S/C28H37NO2/c1-3-4-5-6-7-8-10-24-12-18-27(19-13-24)31-22-9-21-29-23(2)11-20-28(29)25-14-16-26(30)17-15-25/h11-20,30H,3-10,21-22H2,1-2H3. The Kier molecular flexibility index (Phi) is 9.08. The van der Waals surface area contributed by atoms with E-state index in [9.17, 15) is 5.11 Å². The number of aromatic hydroxyl groups is 1. The van der Waals surface area contributed by atoms with Crippen LogP contribution in [-0.2, 0) is 13.0 Å². The van der Waals surface area contributed by atoms with E-state index < -0.39 is 0 Å². The molecule has 3 heteroatoms. The van der Waals surface area contributed by atoms with Gasteiger partial charge in [0.2, 0.25) is 0 Å². The van der Waals surface area contributed by atoms with Crippen LogP contribution in [0.25, 0.3) is 11.3 Å². The monoisotopic (exact) mass is 419 g/mol. The number of rotatable bonds is 13. The van der Waals surface area contributed by atoms with E-state index in [0.717, 1.165) is 24.3 Å². The third kappa shape index (κ3) is 7.20. The molecule has 0 bridgehead atoms. The third-order valence-electron chi connectivity index (χ3n) is 5.90. The highest BCUT2D eigenvalue weighted by Gasteiger charge is 2.07. The Morgan fingerprint density at radius 1 is 0.774 bits per heavy atom. The van der Waals surface area contributed by atoms with Gasteiger partial charge in [-0.1, -0.05) is 51.2 Å². The first-order valence-electron chi connectivity index (χ1n) is 11.8. The van der Waals surface area contributed by atoms with Crippen molar-refractivity contribution in [2.75, 3.05) is 6.61 Å². The van der Waals surface area contributed by atoms with Gasteiger partial charge in [-0.3, -0.25) is 0 Å². The van der Waals surface area contributed by atoms with E-state index in [1.165, 1.54) is 61.9 Å². The van der Waals surface area contributed by atoms with E-state index in [1.807, 2.05) is 12.1 Å². The lowest BCUT2D eigenvalue weighted by Crippen LogP contribution is -2.07. The zero-order valence-electron chi connectivity index (χ0n) is 19.1. The lowest BCUT2D eigenvalue weighted by Gasteiger charge is -2.13. The number of benzene rings is 2. The molecule has 0 aliphatic heterocycles. The largest absolute Gasteiger partial charge is 0.508 e.